The number of hydrogen-bond acceptors (Lipinski definition) is 5. The van der Waals surface area contributed by atoms with Crippen LogP contribution in [0.4, 0.5) is 10.1 Å². The Hall–Kier alpha value is -1.83. The summed E-state index contributed by atoms with van der Waals surface area (Å²) in [6.45, 7) is 9.90. The molecule has 0 bridgehead atoms. The number of aromatic nitrogens is 2. The van der Waals surface area contributed by atoms with Gasteiger partial charge in [0.05, 0.1) is 12.8 Å². The van der Waals surface area contributed by atoms with Crippen molar-refractivity contribution in [2.24, 2.45) is 5.92 Å². The average Bonchev–Trinajstić information content (AvgIpc) is 2.65. The van der Waals surface area contributed by atoms with Crippen LogP contribution in [0.3, 0.4) is 0 Å². The van der Waals surface area contributed by atoms with Gasteiger partial charge in [-0.05, 0) is 38.1 Å². The molecule has 1 aliphatic heterocycles. The first-order valence-electron chi connectivity index (χ1n) is 9.71. The zero-order valence-electron chi connectivity index (χ0n) is 18.1. The number of piperazine rings is 1. The first-order chi connectivity index (χ1) is 13.3. The fraction of sp³-hybridized carbons (Fsp3) is 0.524. The maximum absolute atomic E-state index is 14.3. The van der Waals surface area contributed by atoms with Crippen LogP contribution < -0.4 is 15.2 Å². The lowest BCUT2D eigenvalue weighted by molar-refractivity contribution is 0.312. The molecule has 30 heavy (non-hydrogen) atoms. The molecule has 0 atom stereocenters. The Morgan fingerprint density at radius 3 is 2.33 bits per heavy atom. The van der Waals surface area contributed by atoms with Gasteiger partial charge in [0, 0.05) is 43.9 Å². The Balaban J connectivity index is 0.00000225. The summed E-state index contributed by atoms with van der Waals surface area (Å²) in [4.78, 5) is 17.6. The van der Waals surface area contributed by atoms with Gasteiger partial charge >= 0.3 is 0 Å². The highest BCUT2D eigenvalue weighted by atomic mass is 35.5. The van der Waals surface area contributed by atoms with E-state index in [1.807, 2.05) is 6.92 Å². The van der Waals surface area contributed by atoms with E-state index < -0.39 is 5.82 Å². The third kappa shape index (κ3) is 5.45. The molecule has 6 nitrogen and oxygen atoms in total. The summed E-state index contributed by atoms with van der Waals surface area (Å²) in [6, 6.07) is 4.81. The second-order valence-electron chi connectivity index (χ2n) is 7.84. The van der Waals surface area contributed by atoms with E-state index in [-0.39, 0.29) is 42.0 Å². The Kier molecular flexibility index (Phi) is 9.59. The lowest BCUT2D eigenvalue weighted by Crippen LogP contribution is -2.47. The number of benzene rings is 1. The van der Waals surface area contributed by atoms with E-state index in [1.165, 1.54) is 17.9 Å². The minimum Gasteiger partial charge on any atom is -0.494 e. The van der Waals surface area contributed by atoms with Gasteiger partial charge in [-0.1, -0.05) is 13.8 Å². The SMILES string of the molecule is COc1ccc(-c2nn(CC(C)C)c(=O)c(N3CCN(C)CC3)c2C)cc1F.Cl.Cl. The van der Waals surface area contributed by atoms with Gasteiger partial charge in [-0.3, -0.25) is 4.79 Å². The maximum atomic E-state index is 14.3. The highest BCUT2D eigenvalue weighted by Crippen LogP contribution is 2.30. The second kappa shape index (κ2) is 11.0. The molecule has 2 heterocycles. The minimum absolute atomic E-state index is 0. The lowest BCUT2D eigenvalue weighted by atomic mass is 10.0. The molecule has 1 saturated heterocycles. The molecule has 3 rings (SSSR count). The van der Waals surface area contributed by atoms with E-state index in [1.54, 1.807) is 12.1 Å². The van der Waals surface area contributed by atoms with Gasteiger partial charge in [-0.15, -0.1) is 24.8 Å². The monoisotopic (exact) mass is 460 g/mol. The van der Waals surface area contributed by atoms with Crippen LogP contribution >= 0.6 is 24.8 Å². The summed E-state index contributed by atoms with van der Waals surface area (Å²) in [7, 11) is 3.52. The molecule has 0 spiro atoms. The van der Waals surface area contributed by atoms with E-state index in [4.69, 9.17) is 4.74 Å². The molecule has 9 heteroatoms. The van der Waals surface area contributed by atoms with Crippen LogP contribution in [-0.2, 0) is 6.54 Å². The van der Waals surface area contributed by atoms with Gasteiger partial charge in [0.1, 0.15) is 5.69 Å². The van der Waals surface area contributed by atoms with Crippen molar-refractivity contribution in [3.05, 3.63) is 39.9 Å². The molecular weight excluding hydrogens is 430 g/mol. The predicted octanol–water partition coefficient (Wildman–Crippen LogP) is 3.62. The quantitative estimate of drug-likeness (QED) is 0.681. The normalized spacial score (nSPS) is 14.3. The molecule has 0 amide bonds. The molecule has 1 aliphatic rings. The molecule has 0 radical (unpaired) electrons. The third-order valence-electron chi connectivity index (χ3n) is 5.15. The Morgan fingerprint density at radius 1 is 1.17 bits per heavy atom. The Bertz CT molecular complexity index is 913. The molecule has 0 aliphatic carbocycles. The van der Waals surface area contributed by atoms with Gasteiger partial charge in [0.2, 0.25) is 0 Å². The summed E-state index contributed by atoms with van der Waals surface area (Å²) >= 11 is 0. The number of ether oxygens (including phenoxy) is 1. The van der Waals surface area contributed by atoms with Crippen LogP contribution in [0.5, 0.6) is 5.75 Å². The van der Waals surface area contributed by atoms with Crippen molar-refractivity contribution >= 4 is 30.5 Å². The van der Waals surface area contributed by atoms with E-state index in [0.717, 1.165) is 31.7 Å². The molecule has 1 aromatic carbocycles. The lowest BCUT2D eigenvalue weighted by Gasteiger charge is -2.34. The van der Waals surface area contributed by atoms with Gasteiger partial charge in [0.15, 0.2) is 11.6 Å². The smallest absolute Gasteiger partial charge is 0.290 e. The molecule has 2 aromatic rings. The number of hydrogen-bond donors (Lipinski definition) is 0. The molecule has 0 saturated carbocycles. The van der Waals surface area contributed by atoms with Crippen molar-refractivity contribution in [3.8, 4) is 17.0 Å². The van der Waals surface area contributed by atoms with Gasteiger partial charge < -0.3 is 14.5 Å². The summed E-state index contributed by atoms with van der Waals surface area (Å²) in [5.41, 5.74) is 2.67. The first-order valence-corrected chi connectivity index (χ1v) is 9.71. The number of methoxy groups -OCH3 is 1. The van der Waals surface area contributed by atoms with Crippen LogP contribution in [0.15, 0.2) is 23.0 Å². The fourth-order valence-electron chi connectivity index (χ4n) is 3.60. The largest absolute Gasteiger partial charge is 0.494 e. The molecule has 1 fully saturated rings. The molecule has 0 N–H and O–H groups in total. The number of likely N-dealkylation sites (N-methyl/N-ethyl adjacent to an activating group) is 1. The van der Waals surface area contributed by atoms with E-state index >= 15 is 0 Å². The van der Waals surface area contributed by atoms with Crippen LogP contribution in [0.25, 0.3) is 11.3 Å². The topological polar surface area (TPSA) is 50.6 Å². The minimum atomic E-state index is -0.441. The zero-order valence-corrected chi connectivity index (χ0v) is 19.8. The highest BCUT2D eigenvalue weighted by molar-refractivity contribution is 5.85. The van der Waals surface area contributed by atoms with Crippen molar-refractivity contribution in [2.45, 2.75) is 27.3 Å². The number of anilines is 1. The standard InChI is InChI=1S/C21H29FN4O2.2ClH/c1-14(2)13-26-21(27)20(25-10-8-24(4)9-11-25)15(3)19(23-26)16-6-7-18(28-5)17(22)12-16;;/h6-7,12,14H,8-11,13H2,1-5H3;2*1H. The summed E-state index contributed by atoms with van der Waals surface area (Å²) < 4.78 is 20.9. The zero-order chi connectivity index (χ0) is 20.4. The number of halogens is 3. The third-order valence-corrected chi connectivity index (χ3v) is 5.15. The summed E-state index contributed by atoms with van der Waals surface area (Å²) in [5, 5.41) is 4.61. The average molecular weight is 461 g/mol. The molecular formula is C21H31Cl2FN4O2. The van der Waals surface area contributed by atoms with Crippen LogP contribution in [0.1, 0.15) is 19.4 Å². The van der Waals surface area contributed by atoms with Crippen molar-refractivity contribution in [2.75, 3.05) is 45.2 Å². The molecule has 168 valence electrons. The maximum Gasteiger partial charge on any atom is 0.290 e. The van der Waals surface area contributed by atoms with Crippen molar-refractivity contribution in [1.29, 1.82) is 0 Å². The van der Waals surface area contributed by atoms with Crippen LogP contribution in [-0.4, -0.2) is 55.0 Å². The van der Waals surface area contributed by atoms with Gasteiger partial charge in [-0.2, -0.15) is 5.10 Å². The van der Waals surface area contributed by atoms with Crippen molar-refractivity contribution in [1.82, 2.24) is 14.7 Å². The van der Waals surface area contributed by atoms with Gasteiger partial charge in [0.25, 0.3) is 5.56 Å². The second-order valence-corrected chi connectivity index (χ2v) is 7.84. The van der Waals surface area contributed by atoms with Crippen LogP contribution in [0.2, 0.25) is 0 Å². The number of nitrogens with zero attached hydrogens (tertiary/aromatic N) is 4. The number of rotatable bonds is 5. The summed E-state index contributed by atoms with van der Waals surface area (Å²) in [5.74, 6) is 0.0221. The predicted molar refractivity (Wildman–Crippen MR) is 124 cm³/mol. The van der Waals surface area contributed by atoms with Crippen LogP contribution in [0, 0.1) is 18.7 Å². The molecule has 0 unspecified atom stereocenters. The van der Waals surface area contributed by atoms with Gasteiger partial charge in [-0.25, -0.2) is 9.07 Å². The van der Waals surface area contributed by atoms with E-state index in [0.29, 0.717) is 23.5 Å². The van der Waals surface area contributed by atoms with E-state index in [9.17, 15) is 9.18 Å². The van der Waals surface area contributed by atoms with Crippen molar-refractivity contribution in [3.63, 3.8) is 0 Å². The Morgan fingerprint density at radius 2 is 1.80 bits per heavy atom. The first kappa shape index (κ1) is 26.2. The molecule has 1 aromatic heterocycles. The fourth-order valence-corrected chi connectivity index (χ4v) is 3.60. The summed E-state index contributed by atoms with van der Waals surface area (Å²) in [6.07, 6.45) is 0. The Labute approximate surface area is 189 Å². The highest BCUT2D eigenvalue weighted by Gasteiger charge is 2.24. The van der Waals surface area contributed by atoms with E-state index in [2.05, 4.69) is 35.8 Å². The van der Waals surface area contributed by atoms with Crippen molar-refractivity contribution < 1.29 is 9.13 Å².